The summed E-state index contributed by atoms with van der Waals surface area (Å²) < 4.78 is 5.94. The van der Waals surface area contributed by atoms with Crippen molar-refractivity contribution in [2.24, 2.45) is 0 Å². The fourth-order valence-electron chi connectivity index (χ4n) is 4.53. The van der Waals surface area contributed by atoms with Gasteiger partial charge in [-0.3, -0.25) is 24.2 Å². The second-order valence-corrected chi connectivity index (χ2v) is 8.54. The van der Waals surface area contributed by atoms with E-state index in [9.17, 15) is 14.4 Å². The van der Waals surface area contributed by atoms with E-state index in [4.69, 9.17) is 4.42 Å². The summed E-state index contributed by atoms with van der Waals surface area (Å²) >= 11 is 0. The van der Waals surface area contributed by atoms with Crippen LogP contribution < -0.4 is 5.56 Å². The molecule has 0 saturated heterocycles. The molecule has 0 fully saturated rings. The standard InChI is InChI=1S/C25H20N6O4/c32-23-20-13-30(8-7-21(20)28-22(29-23)15-9-26-14-27-10-15)11-16-5-6-17(35-16)12-31-24(33)18-3-1-2-4-19(18)25(31)34/h1-6,9-10,14H,7-8,11-13H2,(H,28,29,32). The number of furan rings is 1. The zero-order valence-corrected chi connectivity index (χ0v) is 18.6. The van der Waals surface area contributed by atoms with Crippen LogP contribution in [0.2, 0.25) is 0 Å². The third-order valence-corrected chi connectivity index (χ3v) is 6.27. The van der Waals surface area contributed by atoms with Crippen molar-refractivity contribution in [3.05, 3.63) is 99.4 Å². The maximum Gasteiger partial charge on any atom is 0.261 e. The van der Waals surface area contributed by atoms with Gasteiger partial charge < -0.3 is 9.40 Å². The zero-order chi connectivity index (χ0) is 23.9. The Morgan fingerprint density at radius 1 is 0.914 bits per heavy atom. The number of hydrogen-bond acceptors (Lipinski definition) is 8. The minimum absolute atomic E-state index is 0.0742. The first-order chi connectivity index (χ1) is 17.1. The van der Waals surface area contributed by atoms with Crippen LogP contribution in [0.1, 0.15) is 43.5 Å². The Balaban J connectivity index is 1.14. The smallest absolute Gasteiger partial charge is 0.261 e. The minimum Gasteiger partial charge on any atom is -0.463 e. The van der Waals surface area contributed by atoms with Gasteiger partial charge in [-0.05, 0) is 24.3 Å². The van der Waals surface area contributed by atoms with Crippen molar-refractivity contribution in [3.8, 4) is 11.4 Å². The molecule has 2 aliphatic heterocycles. The molecular weight excluding hydrogens is 448 g/mol. The van der Waals surface area contributed by atoms with Crippen LogP contribution in [0.4, 0.5) is 0 Å². The second-order valence-electron chi connectivity index (χ2n) is 8.54. The monoisotopic (exact) mass is 468 g/mol. The van der Waals surface area contributed by atoms with Gasteiger partial charge >= 0.3 is 0 Å². The first-order valence-electron chi connectivity index (χ1n) is 11.2. The molecular formula is C25H20N6O4. The van der Waals surface area contributed by atoms with E-state index in [1.54, 1.807) is 42.7 Å². The van der Waals surface area contributed by atoms with Crippen LogP contribution in [0.3, 0.4) is 0 Å². The number of carbonyl (C=O) groups excluding carboxylic acids is 2. The van der Waals surface area contributed by atoms with Gasteiger partial charge in [0, 0.05) is 31.9 Å². The molecule has 3 aromatic heterocycles. The summed E-state index contributed by atoms with van der Waals surface area (Å²) in [5, 5.41) is 0. The third-order valence-electron chi connectivity index (χ3n) is 6.27. The van der Waals surface area contributed by atoms with Crippen LogP contribution in [-0.2, 0) is 26.1 Å². The maximum atomic E-state index is 12.8. The minimum atomic E-state index is -0.315. The number of carbonyl (C=O) groups is 2. The molecule has 0 spiro atoms. The molecule has 0 aliphatic carbocycles. The Morgan fingerprint density at radius 3 is 2.31 bits per heavy atom. The number of imide groups is 1. The molecule has 5 heterocycles. The molecule has 0 bridgehead atoms. The lowest BCUT2D eigenvalue weighted by molar-refractivity contribution is 0.0630. The van der Waals surface area contributed by atoms with Gasteiger partial charge in [-0.25, -0.2) is 15.0 Å². The van der Waals surface area contributed by atoms with Gasteiger partial charge in [-0.1, -0.05) is 12.1 Å². The Kier molecular flexibility index (Phi) is 5.07. The van der Waals surface area contributed by atoms with Gasteiger partial charge in [0.05, 0.1) is 41.0 Å². The predicted octanol–water partition coefficient (Wildman–Crippen LogP) is 2.17. The van der Waals surface area contributed by atoms with E-state index in [1.807, 2.05) is 6.07 Å². The molecule has 0 atom stereocenters. The SMILES string of the molecule is O=C1c2ccccc2C(=O)N1Cc1ccc(CN2CCc3nc(-c4cncnc4)[nH]c(=O)c3C2)o1. The predicted molar refractivity (Wildman–Crippen MR) is 123 cm³/mol. The topological polar surface area (TPSA) is 125 Å². The first-order valence-corrected chi connectivity index (χ1v) is 11.2. The number of rotatable bonds is 5. The summed E-state index contributed by atoms with van der Waals surface area (Å²) in [4.78, 5) is 56.7. The number of hydrogen-bond donors (Lipinski definition) is 1. The maximum absolute atomic E-state index is 12.8. The number of H-pyrrole nitrogens is 1. The normalized spacial score (nSPS) is 15.4. The van der Waals surface area contributed by atoms with E-state index in [2.05, 4.69) is 24.8 Å². The Labute approximate surface area is 199 Å². The lowest BCUT2D eigenvalue weighted by Gasteiger charge is -2.26. The van der Waals surface area contributed by atoms with Gasteiger partial charge in [0.2, 0.25) is 0 Å². The third kappa shape index (κ3) is 3.83. The first kappa shape index (κ1) is 21.1. The quantitative estimate of drug-likeness (QED) is 0.442. The van der Waals surface area contributed by atoms with Gasteiger partial charge in [-0.2, -0.15) is 0 Å². The van der Waals surface area contributed by atoms with Crippen LogP contribution >= 0.6 is 0 Å². The molecule has 6 rings (SSSR count). The van der Waals surface area contributed by atoms with Gasteiger partial charge in [0.1, 0.15) is 23.7 Å². The Hall–Kier alpha value is -4.44. The van der Waals surface area contributed by atoms with E-state index >= 15 is 0 Å². The van der Waals surface area contributed by atoms with Crippen molar-refractivity contribution in [2.75, 3.05) is 6.54 Å². The zero-order valence-electron chi connectivity index (χ0n) is 18.6. The number of fused-ring (bicyclic) bond motifs is 2. The highest BCUT2D eigenvalue weighted by Crippen LogP contribution is 2.25. The van der Waals surface area contributed by atoms with Gasteiger partial charge in [-0.15, -0.1) is 0 Å². The molecule has 0 radical (unpaired) electrons. The number of nitrogens with one attached hydrogen (secondary N) is 1. The van der Waals surface area contributed by atoms with Crippen LogP contribution in [0.15, 0.2) is 64.3 Å². The molecule has 2 aliphatic rings. The van der Waals surface area contributed by atoms with E-state index < -0.39 is 0 Å². The largest absolute Gasteiger partial charge is 0.463 e. The lowest BCUT2D eigenvalue weighted by Crippen LogP contribution is -2.35. The fourth-order valence-corrected chi connectivity index (χ4v) is 4.53. The molecule has 0 unspecified atom stereocenters. The van der Waals surface area contributed by atoms with Gasteiger partial charge in [0.15, 0.2) is 0 Å². The number of amides is 2. The van der Waals surface area contributed by atoms with Crippen LogP contribution in [0.5, 0.6) is 0 Å². The van der Waals surface area contributed by atoms with Crippen LogP contribution in [0.25, 0.3) is 11.4 Å². The van der Waals surface area contributed by atoms with Crippen LogP contribution in [0, 0.1) is 0 Å². The molecule has 0 saturated carbocycles. The molecule has 2 amide bonds. The molecule has 1 N–H and O–H groups in total. The summed E-state index contributed by atoms with van der Waals surface area (Å²) in [7, 11) is 0. The summed E-state index contributed by atoms with van der Waals surface area (Å²) in [6, 6.07) is 10.4. The van der Waals surface area contributed by atoms with E-state index in [-0.39, 0.29) is 23.9 Å². The second kappa shape index (κ2) is 8.41. The molecule has 10 heteroatoms. The van der Waals surface area contributed by atoms with Crippen molar-refractivity contribution >= 4 is 11.8 Å². The van der Waals surface area contributed by atoms with Crippen molar-refractivity contribution in [2.45, 2.75) is 26.1 Å². The summed E-state index contributed by atoms with van der Waals surface area (Å²) in [6.07, 6.45) is 5.28. The lowest BCUT2D eigenvalue weighted by atomic mass is 10.1. The number of benzene rings is 1. The summed E-state index contributed by atoms with van der Waals surface area (Å²) in [5.41, 5.74) is 2.72. The van der Waals surface area contributed by atoms with E-state index in [1.165, 1.54) is 11.2 Å². The average Bonchev–Trinajstić information content (AvgIpc) is 3.43. The Morgan fingerprint density at radius 2 is 1.60 bits per heavy atom. The average molecular weight is 468 g/mol. The number of aromatic amines is 1. The van der Waals surface area contributed by atoms with Crippen molar-refractivity contribution < 1.29 is 14.0 Å². The van der Waals surface area contributed by atoms with Crippen molar-refractivity contribution in [1.29, 1.82) is 0 Å². The molecule has 10 nitrogen and oxygen atoms in total. The number of nitrogens with zero attached hydrogens (tertiary/aromatic N) is 5. The van der Waals surface area contributed by atoms with Crippen molar-refractivity contribution in [3.63, 3.8) is 0 Å². The van der Waals surface area contributed by atoms with Gasteiger partial charge in [0.25, 0.3) is 17.4 Å². The molecule has 4 aromatic rings. The highest BCUT2D eigenvalue weighted by Gasteiger charge is 2.35. The molecule has 174 valence electrons. The number of aromatic nitrogens is 4. The van der Waals surface area contributed by atoms with Crippen LogP contribution in [-0.4, -0.2) is 48.1 Å². The molecule has 35 heavy (non-hydrogen) atoms. The summed E-state index contributed by atoms with van der Waals surface area (Å²) in [6.45, 7) is 1.72. The highest BCUT2D eigenvalue weighted by molar-refractivity contribution is 6.21. The fraction of sp³-hybridized carbons (Fsp3) is 0.200. The summed E-state index contributed by atoms with van der Waals surface area (Å²) in [5.74, 6) is 1.06. The van der Waals surface area contributed by atoms with Crippen molar-refractivity contribution in [1.82, 2.24) is 29.7 Å². The van der Waals surface area contributed by atoms with E-state index in [0.717, 1.165) is 5.69 Å². The molecule has 1 aromatic carbocycles. The Bertz CT molecular complexity index is 1470. The van der Waals surface area contributed by atoms with E-state index in [0.29, 0.717) is 65.7 Å². The highest BCUT2D eigenvalue weighted by atomic mass is 16.3.